The fourth-order valence-electron chi connectivity index (χ4n) is 3.07. The normalized spacial score (nSPS) is 32.8. The Balaban J connectivity index is 1.95. The van der Waals surface area contributed by atoms with Gasteiger partial charge in [0.2, 0.25) is 0 Å². The van der Waals surface area contributed by atoms with Crippen LogP contribution in [0, 0.1) is 0 Å². The van der Waals surface area contributed by atoms with Crippen LogP contribution in [0.3, 0.4) is 0 Å². The second kappa shape index (κ2) is 5.91. The number of aliphatic imine (C=N–C) groups is 1. The molecule has 1 saturated carbocycles. The third kappa shape index (κ3) is 3.16. The van der Waals surface area contributed by atoms with Gasteiger partial charge in [-0.3, -0.25) is 4.90 Å². The number of piperazine rings is 1. The summed E-state index contributed by atoms with van der Waals surface area (Å²) in [5.41, 5.74) is 6.21. The van der Waals surface area contributed by atoms with Crippen LogP contribution in [0.15, 0.2) is 4.99 Å². The van der Waals surface area contributed by atoms with Crippen LogP contribution in [-0.4, -0.2) is 54.0 Å². The third-order valence-electron chi connectivity index (χ3n) is 4.57. The predicted molar refractivity (Wildman–Crippen MR) is 76.8 cm³/mol. The molecule has 1 aliphatic carbocycles. The van der Waals surface area contributed by atoms with Gasteiger partial charge in [-0.15, -0.1) is 0 Å². The molecular weight excluding hydrogens is 224 g/mol. The minimum absolute atomic E-state index is 0.476. The number of hydrogen-bond donors (Lipinski definition) is 1. The molecule has 4 nitrogen and oxygen atoms in total. The zero-order chi connectivity index (χ0) is 13.1. The van der Waals surface area contributed by atoms with Gasteiger partial charge >= 0.3 is 0 Å². The maximum absolute atomic E-state index is 6.21. The fraction of sp³-hybridized carbons (Fsp3) is 0.929. The van der Waals surface area contributed by atoms with E-state index in [4.69, 9.17) is 10.7 Å². The molecular formula is C14H28N4. The van der Waals surface area contributed by atoms with Crippen LogP contribution in [0.2, 0.25) is 0 Å². The smallest absolute Gasteiger partial charge is 0.191 e. The Morgan fingerprint density at radius 2 is 1.61 bits per heavy atom. The average Bonchev–Trinajstić information content (AvgIpc) is 2.36. The second-order valence-corrected chi connectivity index (χ2v) is 6.05. The molecule has 2 fully saturated rings. The molecule has 18 heavy (non-hydrogen) atoms. The maximum atomic E-state index is 6.21. The molecule has 0 radical (unpaired) electrons. The molecule has 104 valence electrons. The number of guanidine groups is 1. The maximum Gasteiger partial charge on any atom is 0.191 e. The number of rotatable bonds is 1. The highest BCUT2D eigenvalue weighted by Gasteiger charge is 2.27. The van der Waals surface area contributed by atoms with Gasteiger partial charge in [0.25, 0.3) is 0 Å². The van der Waals surface area contributed by atoms with Crippen LogP contribution in [0.25, 0.3) is 0 Å². The lowest BCUT2D eigenvalue weighted by molar-refractivity contribution is 0.0977. The largest absolute Gasteiger partial charge is 0.370 e. The summed E-state index contributed by atoms with van der Waals surface area (Å²) in [5.74, 6) is 0.772. The van der Waals surface area contributed by atoms with Gasteiger partial charge in [-0.05, 0) is 33.7 Å². The molecule has 0 spiro atoms. The zero-order valence-electron chi connectivity index (χ0n) is 12.1. The van der Waals surface area contributed by atoms with Gasteiger partial charge in [-0.2, -0.15) is 0 Å². The first kappa shape index (κ1) is 13.7. The summed E-state index contributed by atoms with van der Waals surface area (Å²) in [7, 11) is 2.20. The topological polar surface area (TPSA) is 44.9 Å². The SMILES string of the molecule is CC1CN(C(N)=NC2CCCCC2)CC(C)N1C. The molecule has 0 amide bonds. The second-order valence-electron chi connectivity index (χ2n) is 6.05. The van der Waals surface area contributed by atoms with E-state index in [2.05, 4.69) is 30.7 Å². The van der Waals surface area contributed by atoms with Crippen molar-refractivity contribution in [1.82, 2.24) is 9.80 Å². The molecule has 0 aromatic rings. The van der Waals surface area contributed by atoms with Gasteiger partial charge in [0.15, 0.2) is 5.96 Å². The number of likely N-dealkylation sites (N-methyl/N-ethyl adjacent to an activating group) is 1. The summed E-state index contributed by atoms with van der Waals surface area (Å²) < 4.78 is 0. The van der Waals surface area contributed by atoms with Crippen molar-refractivity contribution in [3.8, 4) is 0 Å². The van der Waals surface area contributed by atoms with Crippen molar-refractivity contribution >= 4 is 5.96 Å². The summed E-state index contributed by atoms with van der Waals surface area (Å²) in [6.07, 6.45) is 6.45. The van der Waals surface area contributed by atoms with Crippen LogP contribution in [0.5, 0.6) is 0 Å². The van der Waals surface area contributed by atoms with E-state index in [1.165, 1.54) is 32.1 Å². The Morgan fingerprint density at radius 3 is 2.17 bits per heavy atom. The van der Waals surface area contributed by atoms with E-state index < -0.39 is 0 Å². The van der Waals surface area contributed by atoms with Gasteiger partial charge in [-0.1, -0.05) is 19.3 Å². The van der Waals surface area contributed by atoms with Crippen molar-refractivity contribution in [1.29, 1.82) is 0 Å². The zero-order valence-corrected chi connectivity index (χ0v) is 12.1. The van der Waals surface area contributed by atoms with Crippen molar-refractivity contribution in [2.24, 2.45) is 10.7 Å². The molecule has 1 aliphatic heterocycles. The number of hydrogen-bond acceptors (Lipinski definition) is 2. The molecule has 1 saturated heterocycles. The van der Waals surface area contributed by atoms with Crippen molar-refractivity contribution < 1.29 is 0 Å². The van der Waals surface area contributed by atoms with Crippen molar-refractivity contribution in [3.05, 3.63) is 0 Å². The van der Waals surface area contributed by atoms with E-state index in [0.717, 1.165) is 19.0 Å². The molecule has 0 aromatic heterocycles. The summed E-state index contributed by atoms with van der Waals surface area (Å²) in [6, 6.07) is 1.58. The Labute approximate surface area is 111 Å². The number of nitrogens with zero attached hydrogens (tertiary/aromatic N) is 3. The van der Waals surface area contributed by atoms with Crippen LogP contribution in [0.1, 0.15) is 46.0 Å². The quantitative estimate of drug-likeness (QED) is 0.570. The fourth-order valence-corrected chi connectivity index (χ4v) is 3.07. The average molecular weight is 252 g/mol. The lowest BCUT2D eigenvalue weighted by Crippen LogP contribution is -2.58. The lowest BCUT2D eigenvalue weighted by atomic mass is 9.96. The highest BCUT2D eigenvalue weighted by Crippen LogP contribution is 2.21. The molecule has 2 aliphatic rings. The molecule has 2 unspecified atom stereocenters. The molecule has 0 bridgehead atoms. The van der Waals surface area contributed by atoms with Gasteiger partial charge in [-0.25, -0.2) is 4.99 Å². The van der Waals surface area contributed by atoms with E-state index in [0.29, 0.717) is 18.1 Å². The third-order valence-corrected chi connectivity index (χ3v) is 4.57. The van der Waals surface area contributed by atoms with Crippen molar-refractivity contribution in [3.63, 3.8) is 0 Å². The van der Waals surface area contributed by atoms with Gasteiger partial charge in [0, 0.05) is 25.2 Å². The van der Waals surface area contributed by atoms with Crippen LogP contribution in [0.4, 0.5) is 0 Å². The Morgan fingerprint density at radius 1 is 1.06 bits per heavy atom. The molecule has 2 rings (SSSR count). The van der Waals surface area contributed by atoms with Crippen molar-refractivity contribution in [2.45, 2.75) is 64.1 Å². The van der Waals surface area contributed by atoms with E-state index in [-0.39, 0.29) is 0 Å². The van der Waals surface area contributed by atoms with E-state index in [1.807, 2.05) is 0 Å². The summed E-state index contributed by atoms with van der Waals surface area (Å²) >= 11 is 0. The molecule has 1 heterocycles. The molecule has 4 heteroatoms. The number of nitrogens with two attached hydrogens (primary N) is 1. The first-order valence-corrected chi connectivity index (χ1v) is 7.38. The van der Waals surface area contributed by atoms with E-state index >= 15 is 0 Å². The highest BCUT2D eigenvalue weighted by molar-refractivity contribution is 5.78. The summed E-state index contributed by atoms with van der Waals surface area (Å²) in [6.45, 7) is 6.53. The molecule has 2 N–H and O–H groups in total. The van der Waals surface area contributed by atoms with Gasteiger partial charge < -0.3 is 10.6 Å². The minimum Gasteiger partial charge on any atom is -0.370 e. The van der Waals surface area contributed by atoms with Crippen LogP contribution < -0.4 is 5.73 Å². The van der Waals surface area contributed by atoms with Crippen molar-refractivity contribution in [2.75, 3.05) is 20.1 Å². The summed E-state index contributed by atoms with van der Waals surface area (Å²) in [5, 5.41) is 0. The standard InChI is InChI=1S/C14H28N4/c1-11-9-18(10-12(2)17(11)3)14(15)16-13-7-5-4-6-8-13/h11-13H,4-10H2,1-3H3,(H2,15,16). The predicted octanol–water partition coefficient (Wildman–Crippen LogP) is 1.66. The Kier molecular flexibility index (Phi) is 4.49. The van der Waals surface area contributed by atoms with Gasteiger partial charge in [0.05, 0.1) is 6.04 Å². The first-order chi connectivity index (χ1) is 8.58. The Hall–Kier alpha value is -0.770. The molecule has 2 atom stereocenters. The van der Waals surface area contributed by atoms with E-state index in [1.54, 1.807) is 0 Å². The lowest BCUT2D eigenvalue weighted by Gasteiger charge is -2.43. The first-order valence-electron chi connectivity index (χ1n) is 7.38. The van der Waals surface area contributed by atoms with Gasteiger partial charge in [0.1, 0.15) is 0 Å². The highest BCUT2D eigenvalue weighted by atomic mass is 15.3. The summed E-state index contributed by atoms with van der Waals surface area (Å²) in [4.78, 5) is 9.44. The monoisotopic (exact) mass is 252 g/mol. The minimum atomic E-state index is 0.476. The van der Waals surface area contributed by atoms with Crippen LogP contribution in [-0.2, 0) is 0 Å². The van der Waals surface area contributed by atoms with Crippen LogP contribution >= 0.6 is 0 Å². The molecule has 0 aromatic carbocycles. The van der Waals surface area contributed by atoms with E-state index in [9.17, 15) is 0 Å². The Bertz CT molecular complexity index is 284.